The van der Waals surface area contributed by atoms with E-state index in [1.54, 1.807) is 12.1 Å². The van der Waals surface area contributed by atoms with Gasteiger partial charge in [-0.15, -0.1) is 10.2 Å². The molecule has 26 heavy (non-hydrogen) atoms. The molecule has 1 heterocycles. The number of nitrogens with one attached hydrogen (secondary N) is 1. The van der Waals surface area contributed by atoms with Crippen molar-refractivity contribution in [1.82, 2.24) is 14.9 Å². The second-order valence-electron chi connectivity index (χ2n) is 5.42. The van der Waals surface area contributed by atoms with Crippen molar-refractivity contribution in [1.29, 1.82) is 0 Å². The molecule has 3 aromatic rings. The van der Waals surface area contributed by atoms with Crippen LogP contribution in [0.3, 0.4) is 0 Å². The van der Waals surface area contributed by atoms with Crippen molar-refractivity contribution in [2.45, 2.75) is 18.2 Å². The Bertz CT molecular complexity index is 938. The summed E-state index contributed by atoms with van der Waals surface area (Å²) < 4.78 is 38.0. The normalized spacial score (nSPS) is 11.4. The summed E-state index contributed by atoms with van der Waals surface area (Å²) in [4.78, 5) is 0.177. The van der Waals surface area contributed by atoms with Crippen molar-refractivity contribution in [3.8, 4) is 17.2 Å². The highest BCUT2D eigenvalue weighted by molar-refractivity contribution is 7.89. The number of sulfonamides is 1. The quantitative estimate of drug-likeness (QED) is 0.652. The first kappa shape index (κ1) is 18.1. The van der Waals surface area contributed by atoms with Gasteiger partial charge in [-0.25, -0.2) is 13.1 Å². The molecule has 0 fully saturated rings. The predicted molar refractivity (Wildman–Crippen MR) is 96.2 cm³/mol. The van der Waals surface area contributed by atoms with Crippen LogP contribution in [0.15, 0.2) is 63.9 Å². The Labute approximate surface area is 152 Å². The Morgan fingerprint density at radius 3 is 2.46 bits per heavy atom. The van der Waals surface area contributed by atoms with E-state index in [0.717, 1.165) is 5.56 Å². The molecule has 0 atom stereocenters. The molecule has 1 aromatic heterocycles. The monoisotopic (exact) mass is 373 g/mol. The van der Waals surface area contributed by atoms with Gasteiger partial charge in [0.1, 0.15) is 5.75 Å². The molecule has 0 spiro atoms. The molecule has 0 aliphatic rings. The molecule has 8 heteroatoms. The molecule has 0 aliphatic carbocycles. The zero-order valence-electron chi connectivity index (χ0n) is 14.3. The van der Waals surface area contributed by atoms with Crippen LogP contribution in [0.1, 0.15) is 12.8 Å². The van der Waals surface area contributed by atoms with Gasteiger partial charge in [0.05, 0.1) is 11.5 Å². The lowest BCUT2D eigenvalue weighted by molar-refractivity contribution is 0.340. The highest BCUT2D eigenvalue weighted by Gasteiger charge is 2.15. The molecular formula is C18H19N3O4S. The van der Waals surface area contributed by atoms with Crippen molar-refractivity contribution < 1.29 is 17.6 Å². The summed E-state index contributed by atoms with van der Waals surface area (Å²) >= 11 is 0. The average molecular weight is 373 g/mol. The summed E-state index contributed by atoms with van der Waals surface area (Å²) in [6.45, 7) is 2.55. The molecular weight excluding hydrogens is 354 g/mol. The number of ether oxygens (including phenoxy) is 1. The highest BCUT2D eigenvalue weighted by Crippen LogP contribution is 2.18. The Morgan fingerprint density at radius 2 is 1.77 bits per heavy atom. The summed E-state index contributed by atoms with van der Waals surface area (Å²) in [6.07, 6.45) is 0.302. The van der Waals surface area contributed by atoms with Gasteiger partial charge >= 0.3 is 0 Å². The van der Waals surface area contributed by atoms with E-state index in [1.807, 2.05) is 37.3 Å². The van der Waals surface area contributed by atoms with Crippen molar-refractivity contribution in [3.63, 3.8) is 0 Å². The zero-order chi connectivity index (χ0) is 18.4. The molecule has 3 rings (SSSR count). The van der Waals surface area contributed by atoms with Crippen LogP contribution in [0.2, 0.25) is 0 Å². The van der Waals surface area contributed by atoms with Crippen LogP contribution >= 0.6 is 0 Å². The van der Waals surface area contributed by atoms with E-state index >= 15 is 0 Å². The molecule has 0 radical (unpaired) electrons. The van der Waals surface area contributed by atoms with Gasteiger partial charge in [0.2, 0.25) is 21.8 Å². The van der Waals surface area contributed by atoms with Crippen LogP contribution in [0.25, 0.3) is 11.5 Å². The Morgan fingerprint density at radius 1 is 1.04 bits per heavy atom. The van der Waals surface area contributed by atoms with Crippen molar-refractivity contribution in [2.75, 3.05) is 13.2 Å². The lowest BCUT2D eigenvalue weighted by Gasteiger charge is -2.07. The fraction of sp³-hybridized carbons (Fsp3) is 0.222. The minimum absolute atomic E-state index is 0.159. The van der Waals surface area contributed by atoms with E-state index in [4.69, 9.17) is 9.15 Å². The number of rotatable bonds is 8. The first-order valence-electron chi connectivity index (χ1n) is 8.19. The van der Waals surface area contributed by atoms with E-state index in [9.17, 15) is 8.42 Å². The van der Waals surface area contributed by atoms with Crippen molar-refractivity contribution >= 4 is 10.0 Å². The predicted octanol–water partition coefficient (Wildman–Crippen LogP) is 2.66. The second-order valence-corrected chi connectivity index (χ2v) is 7.19. The lowest BCUT2D eigenvalue weighted by atomic mass is 10.2. The average Bonchev–Trinajstić information content (AvgIpc) is 3.12. The summed E-state index contributed by atoms with van der Waals surface area (Å²) in [6, 6.07) is 15.7. The minimum Gasteiger partial charge on any atom is -0.494 e. The third-order valence-corrected chi connectivity index (χ3v) is 5.04. The van der Waals surface area contributed by atoms with Crippen LogP contribution in [0, 0.1) is 0 Å². The molecule has 136 valence electrons. The number of hydrogen-bond donors (Lipinski definition) is 1. The molecule has 2 aromatic carbocycles. The maximum Gasteiger partial charge on any atom is 0.247 e. The largest absolute Gasteiger partial charge is 0.494 e. The lowest BCUT2D eigenvalue weighted by Crippen LogP contribution is -2.26. The van der Waals surface area contributed by atoms with Gasteiger partial charge in [0.15, 0.2) is 0 Å². The third-order valence-electron chi connectivity index (χ3n) is 3.56. The summed E-state index contributed by atoms with van der Waals surface area (Å²) in [7, 11) is -3.60. The second kappa shape index (κ2) is 8.11. The van der Waals surface area contributed by atoms with Crippen molar-refractivity contribution in [2.24, 2.45) is 0 Å². The van der Waals surface area contributed by atoms with E-state index in [2.05, 4.69) is 14.9 Å². The Balaban J connectivity index is 1.58. The van der Waals surface area contributed by atoms with Gasteiger partial charge in [0.25, 0.3) is 0 Å². The number of benzene rings is 2. The Hall–Kier alpha value is -2.71. The zero-order valence-corrected chi connectivity index (χ0v) is 15.1. The first-order chi connectivity index (χ1) is 12.6. The van der Waals surface area contributed by atoms with E-state index in [1.165, 1.54) is 12.1 Å². The summed E-state index contributed by atoms with van der Waals surface area (Å²) in [5.74, 6) is 1.42. The van der Waals surface area contributed by atoms with E-state index in [0.29, 0.717) is 30.6 Å². The van der Waals surface area contributed by atoms with Gasteiger partial charge in [-0.05, 0) is 43.3 Å². The number of hydrogen-bond acceptors (Lipinski definition) is 6. The topological polar surface area (TPSA) is 94.3 Å². The maximum absolute atomic E-state index is 12.3. The molecule has 0 unspecified atom stereocenters. The van der Waals surface area contributed by atoms with Crippen LogP contribution in [-0.2, 0) is 16.4 Å². The third kappa shape index (κ3) is 4.47. The van der Waals surface area contributed by atoms with Crippen molar-refractivity contribution in [3.05, 3.63) is 60.5 Å². The Kier molecular flexibility index (Phi) is 5.65. The van der Waals surface area contributed by atoms with E-state index < -0.39 is 10.0 Å². The van der Waals surface area contributed by atoms with Gasteiger partial charge in [-0.2, -0.15) is 0 Å². The smallest absolute Gasteiger partial charge is 0.247 e. The molecule has 0 saturated heterocycles. The van der Waals surface area contributed by atoms with Gasteiger partial charge in [-0.3, -0.25) is 0 Å². The molecule has 0 amide bonds. The van der Waals surface area contributed by atoms with Gasteiger partial charge in [0, 0.05) is 18.5 Å². The molecule has 0 aliphatic heterocycles. The SMILES string of the molecule is CCOc1ccc(S(=O)(=O)NCCc2nnc(-c3ccccc3)o2)cc1. The summed E-state index contributed by atoms with van der Waals surface area (Å²) in [5, 5.41) is 7.93. The van der Waals surface area contributed by atoms with Crippen LogP contribution in [0.4, 0.5) is 0 Å². The molecule has 7 nitrogen and oxygen atoms in total. The van der Waals surface area contributed by atoms with Crippen LogP contribution < -0.4 is 9.46 Å². The highest BCUT2D eigenvalue weighted by atomic mass is 32.2. The van der Waals surface area contributed by atoms with Crippen LogP contribution in [0.5, 0.6) is 5.75 Å². The van der Waals surface area contributed by atoms with Gasteiger partial charge in [-0.1, -0.05) is 18.2 Å². The van der Waals surface area contributed by atoms with E-state index in [-0.39, 0.29) is 11.4 Å². The molecule has 0 saturated carbocycles. The maximum atomic E-state index is 12.3. The fourth-order valence-corrected chi connectivity index (χ4v) is 3.34. The fourth-order valence-electron chi connectivity index (χ4n) is 2.31. The minimum atomic E-state index is -3.60. The number of aromatic nitrogens is 2. The summed E-state index contributed by atoms with van der Waals surface area (Å²) in [5.41, 5.74) is 0.821. The standard InChI is InChI=1S/C18H19N3O4S/c1-2-24-15-8-10-16(11-9-15)26(22,23)19-13-12-17-20-21-18(25-17)14-6-4-3-5-7-14/h3-11,19H,2,12-13H2,1H3. The number of nitrogens with zero attached hydrogens (tertiary/aromatic N) is 2. The van der Waals surface area contributed by atoms with Gasteiger partial charge < -0.3 is 9.15 Å². The first-order valence-corrected chi connectivity index (χ1v) is 9.67. The molecule has 0 bridgehead atoms. The molecule has 1 N–H and O–H groups in total. The van der Waals surface area contributed by atoms with Crippen LogP contribution in [-0.4, -0.2) is 31.8 Å².